The van der Waals surface area contributed by atoms with E-state index in [1.165, 1.54) is 0 Å². The van der Waals surface area contributed by atoms with Crippen LogP contribution >= 0.6 is 31.9 Å². The number of aromatic nitrogens is 1. The van der Waals surface area contributed by atoms with E-state index in [9.17, 15) is 4.79 Å². The number of nitrogens with one attached hydrogen (secondary N) is 1. The second-order valence-corrected chi connectivity index (χ2v) is 6.13. The lowest BCUT2D eigenvalue weighted by Crippen LogP contribution is -2.40. The maximum absolute atomic E-state index is 12.5. The van der Waals surface area contributed by atoms with Crippen LogP contribution in [0.2, 0.25) is 0 Å². The molecule has 1 saturated heterocycles. The molecule has 1 aromatic heterocycles. The summed E-state index contributed by atoms with van der Waals surface area (Å²) >= 11 is 6.94. The summed E-state index contributed by atoms with van der Waals surface area (Å²) in [6, 6.07) is 3.93. The Kier molecular flexibility index (Phi) is 3.64. The van der Waals surface area contributed by atoms with E-state index in [-0.39, 0.29) is 5.91 Å². The predicted molar refractivity (Wildman–Crippen MR) is 80.4 cm³/mol. The first-order valence-electron chi connectivity index (χ1n) is 6.00. The van der Waals surface area contributed by atoms with E-state index in [0.29, 0.717) is 31.9 Å². The molecular formula is C13H12Br2N2O2. The molecule has 6 heteroatoms. The number of fused-ring (bicyclic) bond motifs is 1. The van der Waals surface area contributed by atoms with Crippen LogP contribution in [0, 0.1) is 0 Å². The van der Waals surface area contributed by atoms with Crippen molar-refractivity contribution >= 4 is 48.7 Å². The van der Waals surface area contributed by atoms with Gasteiger partial charge in [-0.1, -0.05) is 0 Å². The molecule has 1 N–H and O–H groups in total. The lowest BCUT2D eigenvalue weighted by atomic mass is 10.1. The molecule has 1 fully saturated rings. The molecule has 1 aliphatic rings. The number of carbonyl (C=O) groups excluding carboxylic acids is 1. The summed E-state index contributed by atoms with van der Waals surface area (Å²) < 4.78 is 7.18. The van der Waals surface area contributed by atoms with Gasteiger partial charge in [-0.25, -0.2) is 0 Å². The van der Waals surface area contributed by atoms with Gasteiger partial charge in [-0.2, -0.15) is 0 Å². The van der Waals surface area contributed by atoms with Crippen molar-refractivity contribution in [2.45, 2.75) is 0 Å². The summed E-state index contributed by atoms with van der Waals surface area (Å²) in [5.41, 5.74) is 1.66. The summed E-state index contributed by atoms with van der Waals surface area (Å²) in [6.45, 7) is 2.54. The topological polar surface area (TPSA) is 45.3 Å². The minimum atomic E-state index is 0.0590. The summed E-state index contributed by atoms with van der Waals surface area (Å²) in [4.78, 5) is 17.5. The van der Waals surface area contributed by atoms with Crippen molar-refractivity contribution in [3.8, 4) is 0 Å². The average molecular weight is 388 g/mol. The van der Waals surface area contributed by atoms with Gasteiger partial charge < -0.3 is 14.6 Å². The lowest BCUT2D eigenvalue weighted by Gasteiger charge is -2.26. The first-order valence-corrected chi connectivity index (χ1v) is 7.58. The summed E-state index contributed by atoms with van der Waals surface area (Å²) in [5.74, 6) is 0.0590. The third-order valence-corrected chi connectivity index (χ3v) is 5.10. The molecule has 2 heterocycles. The van der Waals surface area contributed by atoms with E-state index in [0.717, 1.165) is 19.8 Å². The molecule has 0 spiro atoms. The third kappa shape index (κ3) is 2.44. The van der Waals surface area contributed by atoms with Crippen molar-refractivity contribution < 1.29 is 9.53 Å². The Morgan fingerprint density at radius 1 is 1.21 bits per heavy atom. The Morgan fingerprint density at radius 3 is 2.63 bits per heavy atom. The van der Waals surface area contributed by atoms with Crippen LogP contribution in [0.3, 0.4) is 0 Å². The number of carbonyl (C=O) groups is 1. The van der Waals surface area contributed by atoms with Gasteiger partial charge in [0.1, 0.15) is 0 Å². The van der Waals surface area contributed by atoms with Crippen LogP contribution in [0.15, 0.2) is 27.3 Å². The zero-order valence-corrected chi connectivity index (χ0v) is 13.3. The van der Waals surface area contributed by atoms with Crippen molar-refractivity contribution in [2.75, 3.05) is 26.3 Å². The Morgan fingerprint density at radius 2 is 1.89 bits per heavy atom. The van der Waals surface area contributed by atoms with Gasteiger partial charge in [0.25, 0.3) is 5.91 Å². The molecule has 0 saturated carbocycles. The Balaban J connectivity index is 2.00. The van der Waals surface area contributed by atoms with Gasteiger partial charge in [-0.05, 0) is 44.0 Å². The Hall–Kier alpha value is -0.850. The van der Waals surface area contributed by atoms with Crippen molar-refractivity contribution in [2.24, 2.45) is 0 Å². The number of H-pyrrole nitrogens is 1. The number of nitrogens with zero attached hydrogens (tertiary/aromatic N) is 1. The first kappa shape index (κ1) is 13.1. The molecular weight excluding hydrogens is 376 g/mol. The van der Waals surface area contributed by atoms with Crippen molar-refractivity contribution in [3.05, 3.63) is 32.8 Å². The smallest absolute Gasteiger partial charge is 0.256 e. The van der Waals surface area contributed by atoms with Crippen LogP contribution in [0.25, 0.3) is 10.9 Å². The van der Waals surface area contributed by atoms with Gasteiger partial charge in [-0.15, -0.1) is 0 Å². The fourth-order valence-electron chi connectivity index (χ4n) is 2.23. The summed E-state index contributed by atoms with van der Waals surface area (Å²) in [5, 5.41) is 0.937. The van der Waals surface area contributed by atoms with Crippen LogP contribution in [0.1, 0.15) is 10.4 Å². The van der Waals surface area contributed by atoms with E-state index < -0.39 is 0 Å². The predicted octanol–water partition coefficient (Wildman–Crippen LogP) is 3.17. The molecule has 3 rings (SSSR count). The fraction of sp³-hybridized carbons (Fsp3) is 0.308. The fourth-order valence-corrected chi connectivity index (χ4v) is 2.92. The minimum absolute atomic E-state index is 0.0590. The van der Waals surface area contributed by atoms with E-state index in [4.69, 9.17) is 4.74 Å². The van der Waals surface area contributed by atoms with Crippen molar-refractivity contribution in [1.29, 1.82) is 0 Å². The molecule has 0 bridgehead atoms. The number of amides is 1. The van der Waals surface area contributed by atoms with Gasteiger partial charge >= 0.3 is 0 Å². The monoisotopic (exact) mass is 386 g/mol. The Bertz CT molecular complexity index is 633. The van der Waals surface area contributed by atoms with E-state index in [1.54, 1.807) is 6.20 Å². The highest BCUT2D eigenvalue weighted by Gasteiger charge is 2.21. The molecule has 0 atom stereocenters. The number of rotatable bonds is 1. The van der Waals surface area contributed by atoms with Crippen LogP contribution < -0.4 is 0 Å². The minimum Gasteiger partial charge on any atom is -0.378 e. The highest BCUT2D eigenvalue weighted by atomic mass is 79.9. The number of aromatic amines is 1. The quantitative estimate of drug-likeness (QED) is 0.816. The molecule has 1 aliphatic heterocycles. The molecule has 100 valence electrons. The zero-order valence-electron chi connectivity index (χ0n) is 10.1. The van der Waals surface area contributed by atoms with E-state index >= 15 is 0 Å². The third-order valence-electron chi connectivity index (χ3n) is 3.25. The number of hydrogen-bond acceptors (Lipinski definition) is 2. The molecule has 1 amide bonds. The number of ether oxygens (including phenoxy) is 1. The first-order chi connectivity index (χ1) is 9.16. The van der Waals surface area contributed by atoms with E-state index in [1.807, 2.05) is 17.0 Å². The molecule has 1 aromatic carbocycles. The lowest BCUT2D eigenvalue weighted by molar-refractivity contribution is 0.0304. The van der Waals surface area contributed by atoms with Crippen LogP contribution in [-0.2, 0) is 4.74 Å². The maximum Gasteiger partial charge on any atom is 0.256 e. The molecule has 19 heavy (non-hydrogen) atoms. The Labute approximate surface area is 127 Å². The SMILES string of the molecule is O=C(c1c[nH]c2cc(Br)c(Br)cc12)N1CCOCC1. The van der Waals surface area contributed by atoms with Crippen molar-refractivity contribution in [3.63, 3.8) is 0 Å². The van der Waals surface area contributed by atoms with E-state index in [2.05, 4.69) is 36.8 Å². The highest BCUT2D eigenvalue weighted by molar-refractivity contribution is 9.13. The molecule has 0 radical (unpaired) electrons. The van der Waals surface area contributed by atoms with Gasteiger partial charge in [-0.3, -0.25) is 4.79 Å². The second kappa shape index (κ2) is 5.26. The highest BCUT2D eigenvalue weighted by Crippen LogP contribution is 2.30. The number of halogens is 2. The zero-order chi connectivity index (χ0) is 13.4. The van der Waals surface area contributed by atoms with Crippen LogP contribution in [0.5, 0.6) is 0 Å². The second-order valence-electron chi connectivity index (χ2n) is 4.42. The van der Waals surface area contributed by atoms with Crippen LogP contribution in [-0.4, -0.2) is 42.1 Å². The van der Waals surface area contributed by atoms with Gasteiger partial charge in [0.05, 0.1) is 18.8 Å². The van der Waals surface area contributed by atoms with Crippen molar-refractivity contribution in [1.82, 2.24) is 9.88 Å². The van der Waals surface area contributed by atoms with Gasteiger partial charge in [0.2, 0.25) is 0 Å². The number of benzene rings is 1. The largest absolute Gasteiger partial charge is 0.378 e. The molecule has 2 aromatic rings. The summed E-state index contributed by atoms with van der Waals surface area (Å²) in [7, 11) is 0. The number of hydrogen-bond donors (Lipinski definition) is 1. The van der Waals surface area contributed by atoms with Gasteiger partial charge in [0.15, 0.2) is 0 Å². The molecule has 0 unspecified atom stereocenters. The summed E-state index contributed by atoms with van der Waals surface area (Å²) in [6.07, 6.45) is 1.78. The standard InChI is InChI=1S/C13H12Br2N2O2/c14-10-5-8-9(7-16-12(8)6-11(10)15)13(18)17-1-3-19-4-2-17/h5-7,16H,1-4H2. The maximum atomic E-state index is 12.5. The van der Waals surface area contributed by atoms with Gasteiger partial charge in [0, 0.05) is 39.1 Å². The van der Waals surface area contributed by atoms with Crippen LogP contribution in [0.4, 0.5) is 0 Å². The average Bonchev–Trinajstić information content (AvgIpc) is 2.82. The number of morpholine rings is 1. The molecule has 4 nitrogen and oxygen atoms in total. The normalized spacial score (nSPS) is 16.0. The molecule has 0 aliphatic carbocycles.